The number of hydrogen-bond donors (Lipinski definition) is 0. The van der Waals surface area contributed by atoms with E-state index in [4.69, 9.17) is 4.74 Å². The average molecular weight is 228 g/mol. The molecule has 0 atom stereocenters. The summed E-state index contributed by atoms with van der Waals surface area (Å²) in [5.41, 5.74) is 0.232. The Morgan fingerprint density at radius 2 is 1.75 bits per heavy atom. The SMILES string of the molecule is CCOC(=O)CN1CCN(C(C)(C)C)CC1. The third-order valence-electron chi connectivity index (χ3n) is 2.98. The molecule has 1 fully saturated rings. The first-order valence-corrected chi connectivity index (χ1v) is 6.06. The molecule has 1 aliphatic heterocycles. The number of nitrogens with zero attached hydrogens (tertiary/aromatic N) is 2. The fourth-order valence-corrected chi connectivity index (χ4v) is 1.97. The highest BCUT2D eigenvalue weighted by molar-refractivity contribution is 5.71. The number of hydrogen-bond acceptors (Lipinski definition) is 4. The molecule has 4 heteroatoms. The first-order valence-electron chi connectivity index (χ1n) is 6.06. The molecule has 1 rings (SSSR count). The standard InChI is InChI=1S/C12H24N2O2/c1-5-16-11(15)10-13-6-8-14(9-7-13)12(2,3)4/h5-10H2,1-4H3. The van der Waals surface area contributed by atoms with Crippen LogP contribution in [0.3, 0.4) is 0 Å². The Labute approximate surface area is 98.5 Å². The van der Waals surface area contributed by atoms with Gasteiger partial charge in [0.15, 0.2) is 0 Å². The Hall–Kier alpha value is -0.610. The monoisotopic (exact) mass is 228 g/mol. The fraction of sp³-hybridized carbons (Fsp3) is 0.917. The zero-order chi connectivity index (χ0) is 12.2. The van der Waals surface area contributed by atoms with Gasteiger partial charge in [0.1, 0.15) is 0 Å². The largest absolute Gasteiger partial charge is 0.465 e. The number of esters is 1. The highest BCUT2D eigenvalue weighted by Gasteiger charge is 2.26. The van der Waals surface area contributed by atoms with Crippen molar-refractivity contribution in [3.8, 4) is 0 Å². The lowest BCUT2D eigenvalue weighted by molar-refractivity contribution is -0.145. The molecule has 0 amide bonds. The first-order chi connectivity index (χ1) is 7.43. The molecule has 94 valence electrons. The molecule has 16 heavy (non-hydrogen) atoms. The summed E-state index contributed by atoms with van der Waals surface area (Å²) >= 11 is 0. The van der Waals surface area contributed by atoms with Crippen LogP contribution in [-0.2, 0) is 9.53 Å². The molecule has 1 aliphatic rings. The molecule has 0 bridgehead atoms. The van der Waals surface area contributed by atoms with Gasteiger partial charge in [-0.05, 0) is 27.7 Å². The Bertz CT molecular complexity index is 228. The van der Waals surface area contributed by atoms with E-state index in [1.54, 1.807) is 0 Å². The lowest BCUT2D eigenvalue weighted by atomic mass is 10.1. The molecule has 0 radical (unpaired) electrons. The van der Waals surface area contributed by atoms with Crippen LogP contribution < -0.4 is 0 Å². The quantitative estimate of drug-likeness (QED) is 0.674. The highest BCUT2D eigenvalue weighted by atomic mass is 16.5. The van der Waals surface area contributed by atoms with E-state index in [1.165, 1.54) is 0 Å². The predicted molar refractivity (Wildman–Crippen MR) is 64.4 cm³/mol. The number of rotatable bonds is 3. The van der Waals surface area contributed by atoms with Crippen LogP contribution in [-0.4, -0.2) is 60.6 Å². The maximum atomic E-state index is 11.3. The van der Waals surface area contributed by atoms with Crippen LogP contribution >= 0.6 is 0 Å². The molecule has 0 aliphatic carbocycles. The van der Waals surface area contributed by atoms with E-state index >= 15 is 0 Å². The average Bonchev–Trinajstić information content (AvgIpc) is 2.17. The van der Waals surface area contributed by atoms with Gasteiger partial charge in [0.05, 0.1) is 13.2 Å². The lowest BCUT2D eigenvalue weighted by Gasteiger charge is -2.41. The zero-order valence-corrected chi connectivity index (χ0v) is 11.0. The van der Waals surface area contributed by atoms with Crippen molar-refractivity contribution in [3.63, 3.8) is 0 Å². The summed E-state index contributed by atoms with van der Waals surface area (Å²) in [7, 11) is 0. The van der Waals surface area contributed by atoms with E-state index in [9.17, 15) is 4.79 Å². The van der Waals surface area contributed by atoms with Crippen molar-refractivity contribution in [2.24, 2.45) is 0 Å². The van der Waals surface area contributed by atoms with Crippen molar-refractivity contribution in [1.82, 2.24) is 9.80 Å². The van der Waals surface area contributed by atoms with Gasteiger partial charge in [0, 0.05) is 31.7 Å². The number of piperazine rings is 1. The second-order valence-electron chi connectivity index (χ2n) is 5.24. The predicted octanol–water partition coefficient (Wildman–Crippen LogP) is 0.966. The smallest absolute Gasteiger partial charge is 0.320 e. The lowest BCUT2D eigenvalue weighted by Crippen LogP contribution is -2.54. The third-order valence-corrected chi connectivity index (χ3v) is 2.98. The number of carbonyl (C=O) groups is 1. The van der Waals surface area contributed by atoms with E-state index in [0.29, 0.717) is 13.2 Å². The molecule has 0 spiro atoms. The first kappa shape index (κ1) is 13.5. The Balaban J connectivity index is 2.30. The maximum absolute atomic E-state index is 11.3. The van der Waals surface area contributed by atoms with Gasteiger partial charge in [-0.2, -0.15) is 0 Å². The molecule has 0 aromatic heterocycles. The van der Waals surface area contributed by atoms with Crippen molar-refractivity contribution in [1.29, 1.82) is 0 Å². The molecule has 4 nitrogen and oxygen atoms in total. The minimum absolute atomic E-state index is 0.105. The van der Waals surface area contributed by atoms with Crippen LogP contribution in [0, 0.1) is 0 Å². The second kappa shape index (κ2) is 5.64. The second-order valence-corrected chi connectivity index (χ2v) is 5.24. The molecule has 1 saturated heterocycles. The van der Waals surface area contributed by atoms with Crippen LogP contribution in [0.2, 0.25) is 0 Å². The zero-order valence-electron chi connectivity index (χ0n) is 11.0. The summed E-state index contributed by atoms with van der Waals surface area (Å²) in [6, 6.07) is 0. The Morgan fingerprint density at radius 1 is 1.19 bits per heavy atom. The normalized spacial score (nSPS) is 19.8. The Morgan fingerprint density at radius 3 is 2.19 bits per heavy atom. The van der Waals surface area contributed by atoms with Gasteiger partial charge in [-0.3, -0.25) is 14.6 Å². The van der Waals surface area contributed by atoms with Gasteiger partial charge in [0.25, 0.3) is 0 Å². The van der Waals surface area contributed by atoms with Crippen molar-refractivity contribution in [2.45, 2.75) is 33.2 Å². The summed E-state index contributed by atoms with van der Waals surface area (Å²) in [6.07, 6.45) is 0. The number of ether oxygens (including phenoxy) is 1. The van der Waals surface area contributed by atoms with Crippen molar-refractivity contribution < 1.29 is 9.53 Å². The van der Waals surface area contributed by atoms with Crippen molar-refractivity contribution in [3.05, 3.63) is 0 Å². The summed E-state index contributed by atoms with van der Waals surface area (Å²) in [5.74, 6) is -0.105. The van der Waals surface area contributed by atoms with Gasteiger partial charge in [-0.1, -0.05) is 0 Å². The van der Waals surface area contributed by atoms with E-state index < -0.39 is 0 Å². The van der Waals surface area contributed by atoms with Gasteiger partial charge in [-0.25, -0.2) is 0 Å². The van der Waals surface area contributed by atoms with Crippen LogP contribution in [0.25, 0.3) is 0 Å². The minimum Gasteiger partial charge on any atom is -0.465 e. The highest BCUT2D eigenvalue weighted by Crippen LogP contribution is 2.15. The molecule has 0 unspecified atom stereocenters. The van der Waals surface area contributed by atoms with E-state index in [-0.39, 0.29) is 11.5 Å². The molecular formula is C12H24N2O2. The third kappa shape index (κ3) is 4.10. The van der Waals surface area contributed by atoms with Crippen LogP contribution in [0.15, 0.2) is 0 Å². The summed E-state index contributed by atoms with van der Waals surface area (Å²) in [5, 5.41) is 0. The van der Waals surface area contributed by atoms with E-state index in [1.807, 2.05) is 6.92 Å². The van der Waals surface area contributed by atoms with Gasteiger partial charge in [-0.15, -0.1) is 0 Å². The van der Waals surface area contributed by atoms with Gasteiger partial charge < -0.3 is 4.74 Å². The maximum Gasteiger partial charge on any atom is 0.320 e. The number of carbonyl (C=O) groups excluding carboxylic acids is 1. The Kier molecular flexibility index (Phi) is 4.74. The fourth-order valence-electron chi connectivity index (χ4n) is 1.97. The van der Waals surface area contributed by atoms with Crippen LogP contribution in [0.5, 0.6) is 0 Å². The minimum atomic E-state index is -0.105. The molecule has 0 saturated carbocycles. The van der Waals surface area contributed by atoms with Crippen molar-refractivity contribution >= 4 is 5.97 Å². The molecule has 0 aromatic carbocycles. The van der Waals surface area contributed by atoms with Crippen LogP contribution in [0.1, 0.15) is 27.7 Å². The summed E-state index contributed by atoms with van der Waals surface area (Å²) < 4.78 is 4.94. The molecule has 0 aromatic rings. The van der Waals surface area contributed by atoms with E-state index in [2.05, 4.69) is 30.6 Å². The van der Waals surface area contributed by atoms with Crippen LogP contribution in [0.4, 0.5) is 0 Å². The summed E-state index contributed by atoms with van der Waals surface area (Å²) in [4.78, 5) is 15.9. The topological polar surface area (TPSA) is 32.8 Å². The van der Waals surface area contributed by atoms with E-state index in [0.717, 1.165) is 26.2 Å². The van der Waals surface area contributed by atoms with Gasteiger partial charge in [0.2, 0.25) is 0 Å². The van der Waals surface area contributed by atoms with Gasteiger partial charge >= 0.3 is 5.97 Å². The molecular weight excluding hydrogens is 204 g/mol. The molecule has 0 N–H and O–H groups in total. The van der Waals surface area contributed by atoms with Crippen molar-refractivity contribution in [2.75, 3.05) is 39.3 Å². The molecule has 1 heterocycles. The summed E-state index contributed by atoms with van der Waals surface area (Å²) in [6.45, 7) is 13.4.